The SMILES string of the molecule is COc1ccc(C)nc1NC(=O)c1cnccn1. The van der Waals surface area contributed by atoms with Crippen LogP contribution in [0.2, 0.25) is 0 Å². The fraction of sp³-hybridized carbons (Fsp3) is 0.167. The number of anilines is 1. The third-order valence-electron chi connectivity index (χ3n) is 2.25. The molecule has 0 aliphatic heterocycles. The summed E-state index contributed by atoms with van der Waals surface area (Å²) in [5.41, 5.74) is 1.01. The van der Waals surface area contributed by atoms with E-state index >= 15 is 0 Å². The lowest BCUT2D eigenvalue weighted by Crippen LogP contribution is -2.15. The fourth-order valence-corrected chi connectivity index (χ4v) is 1.39. The lowest BCUT2D eigenvalue weighted by Gasteiger charge is -2.09. The van der Waals surface area contributed by atoms with Gasteiger partial charge in [-0.3, -0.25) is 9.78 Å². The van der Waals surface area contributed by atoms with Gasteiger partial charge in [-0.1, -0.05) is 0 Å². The Bertz CT molecular complexity index is 557. The first kappa shape index (κ1) is 12.0. The monoisotopic (exact) mass is 244 g/mol. The number of aromatic nitrogens is 3. The Hall–Kier alpha value is -2.50. The maximum absolute atomic E-state index is 11.9. The molecule has 2 aromatic heterocycles. The summed E-state index contributed by atoms with van der Waals surface area (Å²) in [4.78, 5) is 23.8. The summed E-state index contributed by atoms with van der Waals surface area (Å²) in [6.07, 6.45) is 4.34. The number of pyridine rings is 1. The van der Waals surface area contributed by atoms with Gasteiger partial charge in [-0.2, -0.15) is 0 Å². The van der Waals surface area contributed by atoms with E-state index in [9.17, 15) is 4.79 Å². The molecule has 0 aliphatic rings. The molecular weight excluding hydrogens is 232 g/mol. The highest BCUT2D eigenvalue weighted by Gasteiger charge is 2.12. The van der Waals surface area contributed by atoms with Gasteiger partial charge in [0.25, 0.3) is 5.91 Å². The van der Waals surface area contributed by atoms with Crippen LogP contribution in [0, 0.1) is 6.92 Å². The normalized spacial score (nSPS) is 9.89. The molecule has 2 rings (SSSR count). The van der Waals surface area contributed by atoms with Gasteiger partial charge in [0, 0.05) is 18.1 Å². The molecule has 18 heavy (non-hydrogen) atoms. The Morgan fingerprint density at radius 3 is 2.83 bits per heavy atom. The summed E-state index contributed by atoms with van der Waals surface area (Å²) in [5.74, 6) is 0.491. The van der Waals surface area contributed by atoms with Gasteiger partial charge in [-0.05, 0) is 19.1 Å². The minimum Gasteiger partial charge on any atom is -0.493 e. The van der Waals surface area contributed by atoms with Gasteiger partial charge in [-0.15, -0.1) is 0 Å². The Balaban J connectivity index is 2.24. The molecule has 2 aromatic rings. The molecule has 0 atom stereocenters. The Labute approximate surface area is 104 Å². The van der Waals surface area contributed by atoms with Crippen LogP contribution >= 0.6 is 0 Å². The first-order valence-corrected chi connectivity index (χ1v) is 5.29. The first-order valence-electron chi connectivity index (χ1n) is 5.29. The third kappa shape index (κ3) is 2.60. The minimum absolute atomic E-state index is 0.225. The van der Waals surface area contributed by atoms with Crippen LogP contribution in [-0.2, 0) is 0 Å². The zero-order valence-corrected chi connectivity index (χ0v) is 10.0. The van der Waals surface area contributed by atoms with Gasteiger partial charge >= 0.3 is 0 Å². The van der Waals surface area contributed by atoms with Crippen molar-refractivity contribution in [1.29, 1.82) is 0 Å². The van der Waals surface area contributed by atoms with E-state index in [1.54, 1.807) is 12.1 Å². The van der Waals surface area contributed by atoms with E-state index in [1.807, 2.05) is 6.92 Å². The lowest BCUT2D eigenvalue weighted by molar-refractivity contribution is 0.102. The smallest absolute Gasteiger partial charge is 0.277 e. The molecule has 0 saturated carbocycles. The number of hydrogen-bond donors (Lipinski definition) is 1. The molecule has 2 heterocycles. The number of ether oxygens (including phenoxy) is 1. The van der Waals surface area contributed by atoms with E-state index in [0.717, 1.165) is 5.69 Å². The van der Waals surface area contributed by atoms with Gasteiger partial charge in [0.2, 0.25) is 0 Å². The van der Waals surface area contributed by atoms with Crippen LogP contribution in [0.3, 0.4) is 0 Å². The number of nitrogens with zero attached hydrogens (tertiary/aromatic N) is 3. The summed E-state index contributed by atoms with van der Waals surface area (Å²) < 4.78 is 5.12. The predicted molar refractivity (Wildman–Crippen MR) is 65.5 cm³/mol. The first-order chi connectivity index (χ1) is 8.70. The van der Waals surface area contributed by atoms with Crippen molar-refractivity contribution in [3.63, 3.8) is 0 Å². The molecular formula is C12H12N4O2. The topological polar surface area (TPSA) is 77.0 Å². The van der Waals surface area contributed by atoms with E-state index < -0.39 is 0 Å². The van der Waals surface area contributed by atoms with Crippen LogP contribution in [0.5, 0.6) is 5.75 Å². The average Bonchev–Trinajstić information content (AvgIpc) is 2.40. The molecule has 0 bridgehead atoms. The van der Waals surface area contributed by atoms with E-state index in [1.165, 1.54) is 25.7 Å². The van der Waals surface area contributed by atoms with Gasteiger partial charge in [0.15, 0.2) is 11.6 Å². The fourth-order valence-electron chi connectivity index (χ4n) is 1.39. The average molecular weight is 244 g/mol. The Morgan fingerprint density at radius 2 is 2.17 bits per heavy atom. The number of nitrogens with one attached hydrogen (secondary N) is 1. The molecule has 0 aliphatic carbocycles. The van der Waals surface area contributed by atoms with E-state index in [0.29, 0.717) is 11.6 Å². The second kappa shape index (κ2) is 5.22. The zero-order chi connectivity index (χ0) is 13.0. The maximum atomic E-state index is 11.9. The number of carbonyl (C=O) groups is 1. The summed E-state index contributed by atoms with van der Waals surface area (Å²) in [5, 5.41) is 2.64. The van der Waals surface area contributed by atoms with Crippen LogP contribution in [0.4, 0.5) is 5.82 Å². The summed E-state index contributed by atoms with van der Waals surface area (Å²) in [6.45, 7) is 1.83. The highest BCUT2D eigenvalue weighted by Crippen LogP contribution is 2.21. The molecule has 1 amide bonds. The molecule has 0 spiro atoms. The van der Waals surface area contributed by atoms with Crippen LogP contribution in [0.15, 0.2) is 30.7 Å². The van der Waals surface area contributed by atoms with Crippen molar-refractivity contribution in [2.75, 3.05) is 12.4 Å². The van der Waals surface area contributed by atoms with Crippen molar-refractivity contribution < 1.29 is 9.53 Å². The maximum Gasteiger partial charge on any atom is 0.277 e. The third-order valence-corrected chi connectivity index (χ3v) is 2.25. The molecule has 92 valence electrons. The number of rotatable bonds is 3. The van der Waals surface area contributed by atoms with Crippen molar-refractivity contribution in [3.8, 4) is 5.75 Å². The highest BCUT2D eigenvalue weighted by molar-refractivity contribution is 6.02. The van der Waals surface area contributed by atoms with Crippen LogP contribution in [-0.4, -0.2) is 28.0 Å². The number of hydrogen-bond acceptors (Lipinski definition) is 5. The van der Waals surface area contributed by atoms with Crippen molar-refractivity contribution >= 4 is 11.7 Å². The predicted octanol–water partition coefficient (Wildman–Crippen LogP) is 1.44. The lowest BCUT2D eigenvalue weighted by atomic mass is 10.3. The van der Waals surface area contributed by atoms with Gasteiger partial charge in [0.05, 0.1) is 13.3 Å². The molecule has 1 N–H and O–H groups in total. The standard InChI is InChI=1S/C12H12N4O2/c1-8-3-4-10(18-2)11(15-8)16-12(17)9-7-13-5-6-14-9/h3-7H,1-2H3,(H,15,16,17). The molecule has 0 aromatic carbocycles. The van der Waals surface area contributed by atoms with Crippen molar-refractivity contribution in [2.45, 2.75) is 6.92 Å². The number of aryl methyl sites for hydroxylation is 1. The van der Waals surface area contributed by atoms with Crippen molar-refractivity contribution in [2.24, 2.45) is 0 Å². The summed E-state index contributed by atoms with van der Waals surface area (Å²) >= 11 is 0. The Morgan fingerprint density at radius 1 is 1.33 bits per heavy atom. The molecule has 6 nitrogen and oxygen atoms in total. The molecule has 0 fully saturated rings. The second-order valence-electron chi connectivity index (χ2n) is 3.55. The Kier molecular flexibility index (Phi) is 3.47. The molecule has 6 heteroatoms. The largest absolute Gasteiger partial charge is 0.493 e. The summed E-state index contributed by atoms with van der Waals surface area (Å²) in [7, 11) is 1.52. The second-order valence-corrected chi connectivity index (χ2v) is 3.55. The number of amides is 1. The number of methoxy groups -OCH3 is 1. The van der Waals surface area contributed by atoms with E-state index in [-0.39, 0.29) is 11.6 Å². The highest BCUT2D eigenvalue weighted by atomic mass is 16.5. The van der Waals surface area contributed by atoms with Gasteiger partial charge < -0.3 is 10.1 Å². The molecule has 0 radical (unpaired) electrons. The van der Waals surface area contributed by atoms with Gasteiger partial charge in [-0.25, -0.2) is 9.97 Å². The van der Waals surface area contributed by atoms with Crippen molar-refractivity contribution in [3.05, 3.63) is 42.1 Å². The van der Waals surface area contributed by atoms with Crippen LogP contribution in [0.1, 0.15) is 16.2 Å². The zero-order valence-electron chi connectivity index (χ0n) is 10.0. The van der Waals surface area contributed by atoms with Gasteiger partial charge in [0.1, 0.15) is 5.69 Å². The van der Waals surface area contributed by atoms with Crippen molar-refractivity contribution in [1.82, 2.24) is 15.0 Å². The molecule has 0 saturated heterocycles. The van der Waals surface area contributed by atoms with Crippen LogP contribution < -0.4 is 10.1 Å². The van der Waals surface area contributed by atoms with E-state index in [2.05, 4.69) is 20.3 Å². The number of carbonyl (C=O) groups excluding carboxylic acids is 1. The van der Waals surface area contributed by atoms with E-state index in [4.69, 9.17) is 4.74 Å². The summed E-state index contributed by atoms with van der Waals surface area (Å²) in [6, 6.07) is 3.55. The molecule has 0 unspecified atom stereocenters. The minimum atomic E-state index is -0.375. The quantitative estimate of drug-likeness (QED) is 0.884. The van der Waals surface area contributed by atoms with Crippen LogP contribution in [0.25, 0.3) is 0 Å².